The maximum atomic E-state index is 3.41. The Hall–Kier alpha value is 0.0231. The van der Waals surface area contributed by atoms with Crippen LogP contribution < -0.4 is 34.0 Å². The van der Waals surface area contributed by atoms with Crippen LogP contribution in [0.4, 0.5) is 0 Å². The third-order valence-corrected chi connectivity index (χ3v) is 2.85. The number of rotatable bonds is 1. The van der Waals surface area contributed by atoms with E-state index in [2.05, 4.69) is 60.7 Å². The Morgan fingerprint density at radius 3 is 2.11 bits per heavy atom. The van der Waals surface area contributed by atoms with Gasteiger partial charge in [-0.3, -0.25) is 6.08 Å². The van der Waals surface area contributed by atoms with Crippen molar-refractivity contribution in [2.24, 2.45) is 0 Å². The van der Waals surface area contributed by atoms with Crippen LogP contribution in [0.2, 0.25) is 0 Å². The molecule has 3 heteroatoms. The van der Waals surface area contributed by atoms with Crippen molar-refractivity contribution < 1.29 is 60.2 Å². The van der Waals surface area contributed by atoms with Crippen molar-refractivity contribution in [3.63, 3.8) is 0 Å². The topological polar surface area (TPSA) is 0 Å². The molecule has 3 rings (SSSR count). The van der Waals surface area contributed by atoms with Gasteiger partial charge < -0.3 is 34.0 Å². The molecule has 0 aliphatic heterocycles. The molecule has 1 aliphatic rings. The molecule has 0 bridgehead atoms. The molecule has 2 aromatic rings. The van der Waals surface area contributed by atoms with E-state index in [-0.39, 0.29) is 60.2 Å². The monoisotopic (exact) mass is 439 g/mol. The third-order valence-electron chi connectivity index (χ3n) is 2.85. The predicted octanol–water partition coefficient (Wildman–Crippen LogP) is -2.35. The summed E-state index contributed by atoms with van der Waals surface area (Å²) in [5.74, 6) is 0.322. The van der Waals surface area contributed by atoms with E-state index in [4.69, 9.17) is 0 Å². The van der Waals surface area contributed by atoms with E-state index in [1.165, 1.54) is 16.7 Å². The summed E-state index contributed by atoms with van der Waals surface area (Å²) < 4.78 is 0. The number of hydrogen-bond acceptors (Lipinski definition) is 0. The van der Waals surface area contributed by atoms with Gasteiger partial charge in [-0.1, -0.05) is 60.0 Å². The minimum absolute atomic E-state index is 0. The van der Waals surface area contributed by atoms with Gasteiger partial charge in [0.1, 0.15) is 0 Å². The molecule has 0 spiro atoms. The van der Waals surface area contributed by atoms with Crippen LogP contribution in [0.5, 0.6) is 0 Å². The van der Waals surface area contributed by atoms with Crippen molar-refractivity contribution >= 4 is 6.08 Å². The summed E-state index contributed by atoms with van der Waals surface area (Å²) in [6, 6.07) is 19.0. The van der Waals surface area contributed by atoms with Gasteiger partial charge in [0.25, 0.3) is 0 Å². The van der Waals surface area contributed by atoms with Gasteiger partial charge in [0.05, 0.1) is 0 Å². The minimum Gasteiger partial charge on any atom is -1.00 e. The Morgan fingerprint density at radius 2 is 1.39 bits per heavy atom. The number of allylic oxidation sites excluding steroid dienone is 1. The Bertz CT molecular complexity index is 509. The van der Waals surface area contributed by atoms with Gasteiger partial charge in [-0.2, -0.15) is 5.56 Å². The fraction of sp³-hybridized carbons (Fsp3) is 0.0667. The summed E-state index contributed by atoms with van der Waals surface area (Å²) in [6.45, 7) is 0. The first-order valence-electron chi connectivity index (χ1n) is 5.18. The van der Waals surface area contributed by atoms with Gasteiger partial charge >= 0.3 is 26.2 Å². The molecule has 0 aromatic heterocycles. The van der Waals surface area contributed by atoms with Crippen LogP contribution in [0.1, 0.15) is 22.6 Å². The molecular formula is C15H11Br2Zr. The molecule has 2 aromatic carbocycles. The second-order valence-electron chi connectivity index (χ2n) is 3.78. The van der Waals surface area contributed by atoms with Crippen molar-refractivity contribution in [1.82, 2.24) is 0 Å². The molecule has 18 heavy (non-hydrogen) atoms. The molecule has 0 fully saturated rings. The Balaban J connectivity index is 0.000000963. The van der Waals surface area contributed by atoms with E-state index < -0.39 is 0 Å². The molecule has 0 nitrogen and oxygen atoms in total. The van der Waals surface area contributed by atoms with Gasteiger partial charge in [-0.15, -0.1) is 11.6 Å². The molecule has 1 unspecified atom stereocenters. The average molecular weight is 442 g/mol. The zero-order chi connectivity index (χ0) is 10.1. The summed E-state index contributed by atoms with van der Waals surface area (Å²) in [7, 11) is 0. The fourth-order valence-electron chi connectivity index (χ4n) is 2.09. The zero-order valence-corrected chi connectivity index (χ0v) is 15.2. The van der Waals surface area contributed by atoms with E-state index in [1.807, 2.05) is 6.07 Å². The molecule has 1 atom stereocenters. The summed E-state index contributed by atoms with van der Waals surface area (Å²) >= 11 is 0. The number of hydrogen-bond donors (Lipinski definition) is 0. The minimum atomic E-state index is 0. The summed E-state index contributed by atoms with van der Waals surface area (Å²) in [6.07, 6.45) is 5.50. The molecule has 1 radical (unpaired) electrons. The van der Waals surface area contributed by atoms with Crippen LogP contribution in [0, 0.1) is 6.08 Å². The Kier molecular flexibility index (Phi) is 8.26. The summed E-state index contributed by atoms with van der Waals surface area (Å²) in [5.41, 5.74) is 3.98. The number of halogens is 2. The average Bonchev–Trinajstić information content (AvgIpc) is 2.74. The molecule has 1 aliphatic carbocycles. The maximum absolute atomic E-state index is 3.41. The fourth-order valence-corrected chi connectivity index (χ4v) is 2.09. The SMILES string of the molecule is [Br-].[Br-].[C-]1=Cc2ccccc2C1c1ccccc1.[Zr+3]. The van der Waals surface area contributed by atoms with Crippen LogP contribution in [0.25, 0.3) is 6.08 Å². The van der Waals surface area contributed by atoms with E-state index in [9.17, 15) is 0 Å². The quantitative estimate of drug-likeness (QED) is 0.435. The van der Waals surface area contributed by atoms with Gasteiger partial charge in [0, 0.05) is 0 Å². The van der Waals surface area contributed by atoms with E-state index in [0.29, 0.717) is 5.92 Å². The molecule has 89 valence electrons. The second kappa shape index (κ2) is 8.25. The Morgan fingerprint density at radius 1 is 0.778 bits per heavy atom. The Labute approximate surface area is 148 Å². The van der Waals surface area contributed by atoms with E-state index in [1.54, 1.807) is 0 Å². The van der Waals surface area contributed by atoms with Gasteiger partial charge in [0.15, 0.2) is 0 Å². The molecular weight excluding hydrogens is 431 g/mol. The standard InChI is InChI=1S/C15H11.2BrH.Zr/c1-2-6-12(7-3-1)15-11-10-13-8-4-5-9-14(13)15;;;/h1-10,15H;2*1H;/q-1;;;+3/p-2. The molecule has 0 saturated heterocycles. The van der Waals surface area contributed by atoms with Crippen LogP contribution >= 0.6 is 0 Å². The molecule has 0 N–H and O–H groups in total. The van der Waals surface area contributed by atoms with Crippen LogP contribution in [-0.2, 0) is 26.2 Å². The van der Waals surface area contributed by atoms with Gasteiger partial charge in [0.2, 0.25) is 0 Å². The second-order valence-corrected chi connectivity index (χ2v) is 3.78. The first-order valence-corrected chi connectivity index (χ1v) is 5.18. The number of benzene rings is 2. The summed E-state index contributed by atoms with van der Waals surface area (Å²) in [5, 5.41) is 0. The molecule has 0 saturated carbocycles. The van der Waals surface area contributed by atoms with Crippen LogP contribution in [0.15, 0.2) is 54.6 Å². The largest absolute Gasteiger partial charge is 3.00 e. The summed E-state index contributed by atoms with van der Waals surface area (Å²) in [4.78, 5) is 0. The van der Waals surface area contributed by atoms with E-state index in [0.717, 1.165) is 0 Å². The van der Waals surface area contributed by atoms with Crippen LogP contribution in [0.3, 0.4) is 0 Å². The predicted molar refractivity (Wildman–Crippen MR) is 62.4 cm³/mol. The molecule has 0 heterocycles. The third kappa shape index (κ3) is 3.53. The van der Waals surface area contributed by atoms with Crippen molar-refractivity contribution in [3.8, 4) is 0 Å². The number of fused-ring (bicyclic) bond motifs is 1. The first kappa shape index (κ1) is 18.0. The van der Waals surface area contributed by atoms with Gasteiger partial charge in [-0.05, 0) is 0 Å². The molecule has 0 amide bonds. The normalized spacial score (nSPS) is 14.8. The maximum Gasteiger partial charge on any atom is 3.00 e. The van der Waals surface area contributed by atoms with Crippen molar-refractivity contribution in [2.75, 3.05) is 0 Å². The van der Waals surface area contributed by atoms with Crippen molar-refractivity contribution in [2.45, 2.75) is 5.92 Å². The van der Waals surface area contributed by atoms with Crippen molar-refractivity contribution in [3.05, 3.63) is 77.4 Å². The zero-order valence-electron chi connectivity index (χ0n) is 9.61. The van der Waals surface area contributed by atoms with Crippen LogP contribution in [-0.4, -0.2) is 0 Å². The first-order chi connectivity index (χ1) is 7.45. The van der Waals surface area contributed by atoms with E-state index >= 15 is 0 Å². The van der Waals surface area contributed by atoms with Gasteiger partial charge in [-0.25, -0.2) is 6.08 Å². The smallest absolute Gasteiger partial charge is 1.00 e. The van der Waals surface area contributed by atoms with Crippen molar-refractivity contribution in [1.29, 1.82) is 0 Å².